The van der Waals surface area contributed by atoms with Crippen LogP contribution in [0.25, 0.3) is 28.3 Å². The van der Waals surface area contributed by atoms with Crippen molar-refractivity contribution in [3.63, 3.8) is 0 Å². The monoisotopic (exact) mass is 424 g/mol. The van der Waals surface area contributed by atoms with Gasteiger partial charge in [0, 0.05) is 18.0 Å². The number of hydrogen-bond acceptors (Lipinski definition) is 4. The fraction of sp³-hybridized carbons (Fsp3) is 0.105. The Balaban J connectivity index is 1.79. The highest BCUT2D eigenvalue weighted by molar-refractivity contribution is 5.80. The Morgan fingerprint density at radius 2 is 1.57 bits per heavy atom. The molecule has 0 spiro atoms. The second kappa shape index (κ2) is 7.01. The Morgan fingerprint density at radius 3 is 2.17 bits per heavy atom. The van der Waals surface area contributed by atoms with Crippen molar-refractivity contribution in [1.82, 2.24) is 19.7 Å². The first-order valence-corrected chi connectivity index (χ1v) is 8.35. The van der Waals surface area contributed by atoms with Gasteiger partial charge in [-0.2, -0.15) is 26.3 Å². The van der Waals surface area contributed by atoms with E-state index in [0.29, 0.717) is 11.8 Å². The van der Waals surface area contributed by atoms with E-state index in [-0.39, 0.29) is 22.8 Å². The Labute approximate surface area is 164 Å². The average molecular weight is 424 g/mol. The molecule has 4 rings (SSSR count). The van der Waals surface area contributed by atoms with Gasteiger partial charge in [0.25, 0.3) is 0 Å². The SMILES string of the molecule is FC(F)(F)c1ccc(-n2cnc(-c3c(-c4ccccc4)noc3C(F)(F)F)c2)nc1. The zero-order valence-corrected chi connectivity index (χ0v) is 14.7. The molecule has 0 amide bonds. The summed E-state index contributed by atoms with van der Waals surface area (Å²) >= 11 is 0. The summed E-state index contributed by atoms with van der Waals surface area (Å²) in [5, 5.41) is 3.56. The standard InChI is InChI=1S/C19H10F6N4O/c20-18(21,22)12-6-7-14(26-8-12)29-9-13(27-10-29)15-16(11-4-2-1-3-5-11)28-30-17(15)19(23,24)25/h1-10H. The Morgan fingerprint density at radius 1 is 0.833 bits per heavy atom. The molecule has 0 aliphatic heterocycles. The van der Waals surface area contributed by atoms with Gasteiger partial charge in [0.15, 0.2) is 0 Å². The molecule has 11 heteroatoms. The normalized spacial score (nSPS) is 12.3. The van der Waals surface area contributed by atoms with Crippen LogP contribution in [0.15, 0.2) is 65.7 Å². The maximum absolute atomic E-state index is 13.5. The molecule has 3 aromatic heterocycles. The van der Waals surface area contributed by atoms with Crippen molar-refractivity contribution in [2.24, 2.45) is 0 Å². The van der Waals surface area contributed by atoms with Gasteiger partial charge in [-0.05, 0) is 12.1 Å². The van der Waals surface area contributed by atoms with Gasteiger partial charge in [0.2, 0.25) is 5.76 Å². The van der Waals surface area contributed by atoms with Gasteiger partial charge in [0.1, 0.15) is 17.8 Å². The van der Waals surface area contributed by atoms with Crippen LogP contribution in [0.5, 0.6) is 0 Å². The van der Waals surface area contributed by atoms with Crippen LogP contribution in [0.3, 0.4) is 0 Å². The fourth-order valence-corrected chi connectivity index (χ4v) is 2.80. The predicted octanol–water partition coefficient (Wildman–Crippen LogP) is 5.63. The van der Waals surface area contributed by atoms with Gasteiger partial charge in [-0.3, -0.25) is 4.57 Å². The molecular weight excluding hydrogens is 414 g/mol. The number of alkyl halides is 6. The van der Waals surface area contributed by atoms with E-state index in [1.165, 1.54) is 10.8 Å². The van der Waals surface area contributed by atoms with Crippen molar-refractivity contribution in [2.45, 2.75) is 12.4 Å². The highest BCUT2D eigenvalue weighted by Crippen LogP contribution is 2.42. The number of pyridine rings is 1. The lowest BCUT2D eigenvalue weighted by Crippen LogP contribution is -2.06. The summed E-state index contributed by atoms with van der Waals surface area (Å²) in [7, 11) is 0. The third-order valence-electron chi connectivity index (χ3n) is 4.18. The summed E-state index contributed by atoms with van der Waals surface area (Å²) in [5.74, 6) is -1.28. The third-order valence-corrected chi connectivity index (χ3v) is 4.18. The summed E-state index contributed by atoms with van der Waals surface area (Å²) in [6.45, 7) is 0. The number of aromatic nitrogens is 4. The van der Waals surface area contributed by atoms with Crippen LogP contribution in [-0.2, 0) is 12.4 Å². The average Bonchev–Trinajstić information content (AvgIpc) is 3.35. The minimum Gasteiger partial charge on any atom is -0.350 e. The van der Waals surface area contributed by atoms with E-state index in [1.807, 2.05) is 0 Å². The summed E-state index contributed by atoms with van der Waals surface area (Å²) in [6.07, 6.45) is -6.40. The van der Waals surface area contributed by atoms with Gasteiger partial charge in [-0.25, -0.2) is 9.97 Å². The first kappa shape index (κ1) is 19.7. The molecule has 0 bridgehead atoms. The number of halogens is 6. The highest BCUT2D eigenvalue weighted by Gasteiger charge is 2.41. The molecule has 0 N–H and O–H groups in total. The van der Waals surface area contributed by atoms with E-state index in [9.17, 15) is 26.3 Å². The molecule has 3 heterocycles. The number of benzene rings is 1. The van der Waals surface area contributed by atoms with E-state index >= 15 is 0 Å². The quantitative estimate of drug-likeness (QED) is 0.400. The Kier molecular flexibility index (Phi) is 4.60. The van der Waals surface area contributed by atoms with Crippen molar-refractivity contribution in [3.05, 3.63) is 72.5 Å². The highest BCUT2D eigenvalue weighted by atomic mass is 19.4. The van der Waals surface area contributed by atoms with Crippen LogP contribution in [0.4, 0.5) is 26.3 Å². The zero-order chi connectivity index (χ0) is 21.5. The summed E-state index contributed by atoms with van der Waals surface area (Å²) in [5.41, 5.74) is -1.12. The van der Waals surface area contributed by atoms with Gasteiger partial charge < -0.3 is 4.52 Å². The molecule has 5 nitrogen and oxygen atoms in total. The summed E-state index contributed by atoms with van der Waals surface area (Å²) in [4.78, 5) is 7.67. The molecule has 4 aromatic rings. The molecule has 0 aliphatic rings. The van der Waals surface area contributed by atoms with Gasteiger partial charge >= 0.3 is 12.4 Å². The van der Waals surface area contributed by atoms with Crippen LogP contribution in [-0.4, -0.2) is 19.7 Å². The van der Waals surface area contributed by atoms with E-state index in [1.54, 1.807) is 30.3 Å². The second-order valence-electron chi connectivity index (χ2n) is 6.17. The smallest absolute Gasteiger partial charge is 0.350 e. The summed E-state index contributed by atoms with van der Waals surface area (Å²) < 4.78 is 84.2. The largest absolute Gasteiger partial charge is 0.453 e. The third kappa shape index (κ3) is 3.65. The summed E-state index contributed by atoms with van der Waals surface area (Å²) in [6, 6.07) is 9.99. The minimum absolute atomic E-state index is 0.0491. The molecule has 0 aliphatic carbocycles. The molecule has 0 unspecified atom stereocenters. The number of rotatable bonds is 3. The van der Waals surface area contributed by atoms with E-state index in [0.717, 1.165) is 18.5 Å². The molecule has 0 radical (unpaired) electrons. The maximum atomic E-state index is 13.5. The van der Waals surface area contributed by atoms with Crippen molar-refractivity contribution >= 4 is 0 Å². The molecule has 0 saturated heterocycles. The molecular formula is C19H10F6N4O. The fourth-order valence-electron chi connectivity index (χ4n) is 2.80. The van der Waals surface area contributed by atoms with E-state index in [2.05, 4.69) is 19.6 Å². The zero-order valence-electron chi connectivity index (χ0n) is 14.7. The van der Waals surface area contributed by atoms with E-state index in [4.69, 9.17) is 0 Å². The van der Waals surface area contributed by atoms with Crippen molar-refractivity contribution in [1.29, 1.82) is 0 Å². The van der Waals surface area contributed by atoms with Crippen LogP contribution in [0.2, 0.25) is 0 Å². The Bertz CT molecular complexity index is 1160. The number of imidazole rings is 1. The Hall–Kier alpha value is -3.63. The first-order chi connectivity index (χ1) is 14.1. The first-order valence-electron chi connectivity index (χ1n) is 8.35. The molecule has 0 fully saturated rings. The predicted molar refractivity (Wildman–Crippen MR) is 92.3 cm³/mol. The molecule has 154 valence electrons. The number of hydrogen-bond donors (Lipinski definition) is 0. The molecule has 0 saturated carbocycles. The van der Waals surface area contributed by atoms with Gasteiger partial charge in [0.05, 0.1) is 16.8 Å². The number of nitrogens with zero attached hydrogens (tertiary/aromatic N) is 4. The molecule has 30 heavy (non-hydrogen) atoms. The van der Waals surface area contributed by atoms with Crippen LogP contribution < -0.4 is 0 Å². The van der Waals surface area contributed by atoms with Crippen molar-refractivity contribution < 1.29 is 30.9 Å². The molecule has 0 atom stereocenters. The van der Waals surface area contributed by atoms with Crippen molar-refractivity contribution in [2.75, 3.05) is 0 Å². The lowest BCUT2D eigenvalue weighted by atomic mass is 10.0. The second-order valence-corrected chi connectivity index (χ2v) is 6.17. The van der Waals surface area contributed by atoms with E-state index < -0.39 is 23.7 Å². The van der Waals surface area contributed by atoms with Crippen LogP contribution >= 0.6 is 0 Å². The topological polar surface area (TPSA) is 56.7 Å². The van der Waals surface area contributed by atoms with Crippen LogP contribution in [0.1, 0.15) is 11.3 Å². The maximum Gasteiger partial charge on any atom is 0.453 e. The van der Waals surface area contributed by atoms with Crippen molar-refractivity contribution in [3.8, 4) is 28.3 Å². The lowest BCUT2D eigenvalue weighted by Gasteiger charge is -2.07. The van der Waals surface area contributed by atoms with Crippen LogP contribution in [0, 0.1) is 0 Å². The van der Waals surface area contributed by atoms with Gasteiger partial charge in [-0.1, -0.05) is 35.5 Å². The lowest BCUT2D eigenvalue weighted by molar-refractivity contribution is -0.155. The molecule has 1 aromatic carbocycles. The minimum atomic E-state index is -4.83. The van der Waals surface area contributed by atoms with Gasteiger partial charge in [-0.15, -0.1) is 0 Å².